The van der Waals surface area contributed by atoms with Crippen LogP contribution in [0.15, 0.2) is 24.4 Å². The standard InChI is InChI=1S/C19H20ClN3O3/c1-4-25-19(24)15-11-22-18(23-17(15)20)13-5-6-16(14(9-13)10-21)26-8-7-12(2)3/h5-6,9,11-12H,4,7-8H2,1-3H3. The number of carbonyl (C=O) groups is 1. The molecule has 1 heterocycles. The third-order valence-electron chi connectivity index (χ3n) is 3.55. The van der Waals surface area contributed by atoms with E-state index in [1.54, 1.807) is 25.1 Å². The normalized spacial score (nSPS) is 10.5. The predicted octanol–water partition coefficient (Wildman–Crippen LogP) is 4.27. The molecule has 0 aliphatic carbocycles. The van der Waals surface area contributed by atoms with Gasteiger partial charge >= 0.3 is 5.97 Å². The first kappa shape index (κ1) is 19.7. The molecule has 0 bridgehead atoms. The number of nitriles is 1. The van der Waals surface area contributed by atoms with E-state index in [1.807, 2.05) is 0 Å². The van der Waals surface area contributed by atoms with Crippen LogP contribution in [0.1, 0.15) is 43.1 Å². The van der Waals surface area contributed by atoms with E-state index in [-0.39, 0.29) is 17.3 Å². The molecule has 0 saturated carbocycles. The number of aromatic nitrogens is 2. The fourth-order valence-electron chi connectivity index (χ4n) is 2.13. The molecule has 0 radical (unpaired) electrons. The molecule has 6 nitrogen and oxygen atoms in total. The lowest BCUT2D eigenvalue weighted by molar-refractivity contribution is 0.0525. The van der Waals surface area contributed by atoms with Crippen molar-refractivity contribution in [3.8, 4) is 23.2 Å². The van der Waals surface area contributed by atoms with E-state index in [4.69, 9.17) is 21.1 Å². The summed E-state index contributed by atoms with van der Waals surface area (Å²) in [6.07, 6.45) is 2.22. The number of halogens is 1. The third kappa shape index (κ3) is 4.93. The molecular formula is C19H20ClN3O3. The number of carbonyl (C=O) groups excluding carboxylic acids is 1. The lowest BCUT2D eigenvalue weighted by Gasteiger charge is -2.11. The average molecular weight is 374 g/mol. The van der Waals surface area contributed by atoms with Crippen LogP contribution < -0.4 is 4.74 Å². The lowest BCUT2D eigenvalue weighted by atomic mass is 10.1. The van der Waals surface area contributed by atoms with Gasteiger partial charge in [0.2, 0.25) is 0 Å². The quantitative estimate of drug-likeness (QED) is 0.532. The van der Waals surface area contributed by atoms with Crippen molar-refractivity contribution in [3.63, 3.8) is 0 Å². The minimum Gasteiger partial charge on any atom is -0.492 e. The van der Waals surface area contributed by atoms with E-state index in [0.717, 1.165) is 6.42 Å². The fraction of sp³-hybridized carbons (Fsp3) is 0.368. The van der Waals surface area contributed by atoms with E-state index in [9.17, 15) is 10.1 Å². The van der Waals surface area contributed by atoms with Gasteiger partial charge in [0.15, 0.2) is 5.82 Å². The fourth-order valence-corrected chi connectivity index (χ4v) is 2.34. The maximum atomic E-state index is 11.8. The van der Waals surface area contributed by atoms with Gasteiger partial charge in [0.1, 0.15) is 22.5 Å². The minimum absolute atomic E-state index is 0.00391. The van der Waals surface area contributed by atoms with Crippen molar-refractivity contribution in [1.82, 2.24) is 9.97 Å². The van der Waals surface area contributed by atoms with Crippen LogP contribution in [0.4, 0.5) is 0 Å². The molecule has 7 heteroatoms. The largest absolute Gasteiger partial charge is 0.492 e. The molecule has 0 atom stereocenters. The Hall–Kier alpha value is -2.65. The van der Waals surface area contributed by atoms with Crippen molar-refractivity contribution in [2.75, 3.05) is 13.2 Å². The second-order valence-electron chi connectivity index (χ2n) is 5.97. The number of nitrogens with zero attached hydrogens (tertiary/aromatic N) is 3. The Labute approximate surface area is 157 Å². The van der Waals surface area contributed by atoms with Crippen molar-refractivity contribution in [1.29, 1.82) is 5.26 Å². The Morgan fingerprint density at radius 2 is 2.15 bits per heavy atom. The summed E-state index contributed by atoms with van der Waals surface area (Å²) < 4.78 is 10.6. The van der Waals surface area contributed by atoms with Gasteiger partial charge in [-0.05, 0) is 37.5 Å². The highest BCUT2D eigenvalue weighted by Crippen LogP contribution is 2.26. The summed E-state index contributed by atoms with van der Waals surface area (Å²) in [5.74, 6) is 0.781. The number of esters is 1. The molecular weight excluding hydrogens is 354 g/mol. The van der Waals surface area contributed by atoms with E-state index in [2.05, 4.69) is 29.9 Å². The van der Waals surface area contributed by atoms with Crippen LogP contribution in [0, 0.1) is 17.2 Å². The molecule has 1 aromatic heterocycles. The first-order valence-electron chi connectivity index (χ1n) is 8.33. The van der Waals surface area contributed by atoms with Gasteiger partial charge in [-0.15, -0.1) is 0 Å². The van der Waals surface area contributed by atoms with Crippen molar-refractivity contribution in [3.05, 3.63) is 40.7 Å². The Morgan fingerprint density at radius 1 is 1.38 bits per heavy atom. The molecule has 2 aromatic rings. The molecule has 2 rings (SSSR count). The van der Waals surface area contributed by atoms with E-state index < -0.39 is 5.97 Å². The lowest BCUT2D eigenvalue weighted by Crippen LogP contribution is -2.07. The summed E-state index contributed by atoms with van der Waals surface area (Å²) in [6, 6.07) is 7.22. The Bertz CT molecular complexity index is 831. The van der Waals surface area contributed by atoms with Gasteiger partial charge in [-0.3, -0.25) is 0 Å². The first-order valence-corrected chi connectivity index (χ1v) is 8.71. The molecule has 0 fully saturated rings. The molecule has 0 saturated heterocycles. The van der Waals surface area contributed by atoms with Gasteiger partial charge in [0.25, 0.3) is 0 Å². The predicted molar refractivity (Wildman–Crippen MR) is 98.1 cm³/mol. The van der Waals surface area contributed by atoms with Gasteiger partial charge in [0, 0.05) is 11.8 Å². The molecule has 1 aromatic carbocycles. The highest BCUT2D eigenvalue weighted by atomic mass is 35.5. The maximum absolute atomic E-state index is 11.8. The maximum Gasteiger partial charge on any atom is 0.342 e. The molecule has 0 N–H and O–H groups in total. The van der Waals surface area contributed by atoms with Gasteiger partial charge in [-0.25, -0.2) is 14.8 Å². The smallest absolute Gasteiger partial charge is 0.342 e. The second-order valence-corrected chi connectivity index (χ2v) is 6.33. The van der Waals surface area contributed by atoms with Crippen LogP contribution in [-0.4, -0.2) is 29.2 Å². The summed E-state index contributed by atoms with van der Waals surface area (Å²) in [7, 11) is 0. The van der Waals surface area contributed by atoms with Crippen LogP contribution in [0.2, 0.25) is 5.15 Å². The highest BCUT2D eigenvalue weighted by Gasteiger charge is 2.16. The van der Waals surface area contributed by atoms with Crippen LogP contribution in [-0.2, 0) is 4.74 Å². The van der Waals surface area contributed by atoms with Crippen LogP contribution >= 0.6 is 11.6 Å². The number of ether oxygens (including phenoxy) is 2. The summed E-state index contributed by atoms with van der Waals surface area (Å²) in [5, 5.41) is 9.37. The van der Waals surface area contributed by atoms with Gasteiger partial charge in [-0.2, -0.15) is 5.26 Å². The van der Waals surface area contributed by atoms with E-state index in [0.29, 0.717) is 35.2 Å². The number of hydrogen-bond donors (Lipinski definition) is 0. The van der Waals surface area contributed by atoms with E-state index >= 15 is 0 Å². The molecule has 26 heavy (non-hydrogen) atoms. The van der Waals surface area contributed by atoms with E-state index in [1.165, 1.54) is 6.20 Å². The summed E-state index contributed by atoms with van der Waals surface area (Å²) >= 11 is 6.07. The van der Waals surface area contributed by atoms with Gasteiger partial charge in [0.05, 0.1) is 18.8 Å². The Morgan fingerprint density at radius 3 is 2.77 bits per heavy atom. The second kappa shape index (κ2) is 9.16. The molecule has 0 unspecified atom stereocenters. The summed E-state index contributed by atoms with van der Waals surface area (Å²) in [4.78, 5) is 20.1. The molecule has 0 spiro atoms. The number of benzene rings is 1. The number of rotatable bonds is 7. The molecule has 0 aliphatic heterocycles. The van der Waals surface area contributed by atoms with Crippen LogP contribution in [0.25, 0.3) is 11.4 Å². The van der Waals surface area contributed by atoms with Gasteiger partial charge in [-0.1, -0.05) is 25.4 Å². The Kier molecular flexibility index (Phi) is 6.93. The van der Waals surface area contributed by atoms with Crippen LogP contribution in [0.3, 0.4) is 0 Å². The van der Waals surface area contributed by atoms with Crippen molar-refractivity contribution in [2.24, 2.45) is 5.92 Å². The summed E-state index contributed by atoms with van der Waals surface area (Å²) in [5.41, 5.74) is 1.10. The molecule has 0 aliphatic rings. The zero-order valence-electron chi connectivity index (χ0n) is 15.0. The molecule has 0 amide bonds. The first-order chi connectivity index (χ1) is 12.5. The number of hydrogen-bond acceptors (Lipinski definition) is 6. The Balaban J connectivity index is 2.25. The topological polar surface area (TPSA) is 85.1 Å². The zero-order valence-corrected chi connectivity index (χ0v) is 15.7. The van der Waals surface area contributed by atoms with Crippen molar-refractivity contribution in [2.45, 2.75) is 27.2 Å². The summed E-state index contributed by atoms with van der Waals surface area (Å²) in [6.45, 7) is 6.70. The minimum atomic E-state index is -0.573. The average Bonchev–Trinajstić information content (AvgIpc) is 2.61. The highest BCUT2D eigenvalue weighted by molar-refractivity contribution is 6.32. The SMILES string of the molecule is CCOC(=O)c1cnc(-c2ccc(OCCC(C)C)c(C#N)c2)nc1Cl. The van der Waals surface area contributed by atoms with Crippen molar-refractivity contribution < 1.29 is 14.3 Å². The third-order valence-corrected chi connectivity index (χ3v) is 3.84. The van der Waals surface area contributed by atoms with Gasteiger partial charge < -0.3 is 9.47 Å². The van der Waals surface area contributed by atoms with Crippen LogP contribution in [0.5, 0.6) is 5.75 Å². The molecule has 136 valence electrons. The van der Waals surface area contributed by atoms with Crippen molar-refractivity contribution >= 4 is 17.6 Å². The zero-order chi connectivity index (χ0) is 19.1. The monoisotopic (exact) mass is 373 g/mol.